The van der Waals surface area contributed by atoms with Gasteiger partial charge >= 0.3 is 0 Å². The number of benzene rings is 2. The van der Waals surface area contributed by atoms with E-state index in [1.165, 1.54) is 0 Å². The maximum atomic E-state index is 4.72. The molecule has 0 unspecified atom stereocenters. The predicted octanol–water partition coefficient (Wildman–Crippen LogP) is 5.11. The molecule has 0 radical (unpaired) electrons. The summed E-state index contributed by atoms with van der Waals surface area (Å²) in [5, 5.41) is 0. The topological polar surface area (TPSA) is 38.7 Å². The number of allylic oxidation sites excluding steroid dienone is 6. The molecule has 3 nitrogen and oxygen atoms in total. The van der Waals surface area contributed by atoms with E-state index in [0.29, 0.717) is 17.5 Å². The van der Waals surface area contributed by atoms with Crippen LogP contribution in [0.4, 0.5) is 0 Å². The van der Waals surface area contributed by atoms with Gasteiger partial charge in [0.2, 0.25) is 0 Å². The van der Waals surface area contributed by atoms with Crippen molar-refractivity contribution in [2.45, 2.75) is 6.42 Å². The molecule has 0 atom stereocenters. The van der Waals surface area contributed by atoms with E-state index in [0.717, 1.165) is 23.1 Å². The fraction of sp³-hybridized carbons (Fsp3) is 0.0455. The Kier molecular flexibility index (Phi) is 4.29. The highest BCUT2D eigenvalue weighted by Gasteiger charge is 2.12. The maximum Gasteiger partial charge on any atom is 0.164 e. The molecule has 3 heteroatoms. The summed E-state index contributed by atoms with van der Waals surface area (Å²) in [5.41, 5.74) is 2.99. The first-order valence-electron chi connectivity index (χ1n) is 8.31. The van der Waals surface area contributed by atoms with E-state index in [2.05, 4.69) is 12.2 Å². The lowest BCUT2D eigenvalue weighted by Crippen LogP contribution is -2.02. The van der Waals surface area contributed by atoms with Crippen LogP contribution in [0.1, 0.15) is 12.2 Å². The van der Waals surface area contributed by atoms with E-state index in [9.17, 15) is 0 Å². The molecular formula is C22H17N3. The SMILES string of the molecule is C1=CCC=C(c2nc(-c3ccccc3)nc(-c3ccccc3)n2)C=C1. The Morgan fingerprint density at radius 1 is 0.600 bits per heavy atom. The number of nitrogens with zero attached hydrogens (tertiary/aromatic N) is 3. The number of aromatic nitrogens is 3. The third-order valence-electron chi connectivity index (χ3n) is 3.95. The maximum absolute atomic E-state index is 4.72. The predicted molar refractivity (Wildman–Crippen MR) is 102 cm³/mol. The lowest BCUT2D eigenvalue weighted by atomic mass is 10.1. The smallest absolute Gasteiger partial charge is 0.164 e. The summed E-state index contributed by atoms with van der Waals surface area (Å²) >= 11 is 0. The Morgan fingerprint density at radius 3 is 1.76 bits per heavy atom. The Bertz CT molecular complexity index is 897. The molecule has 1 aromatic heterocycles. The molecule has 25 heavy (non-hydrogen) atoms. The second-order valence-corrected chi connectivity index (χ2v) is 5.72. The molecule has 1 aliphatic rings. The molecule has 0 fully saturated rings. The molecule has 2 aromatic carbocycles. The van der Waals surface area contributed by atoms with E-state index < -0.39 is 0 Å². The van der Waals surface area contributed by atoms with Crippen LogP contribution in [0, 0.1) is 0 Å². The normalized spacial score (nSPS) is 13.4. The van der Waals surface area contributed by atoms with E-state index >= 15 is 0 Å². The van der Waals surface area contributed by atoms with Gasteiger partial charge in [0.1, 0.15) is 0 Å². The van der Waals surface area contributed by atoms with Crippen LogP contribution in [0.15, 0.2) is 91.0 Å². The van der Waals surface area contributed by atoms with Crippen molar-refractivity contribution in [1.82, 2.24) is 15.0 Å². The zero-order valence-corrected chi connectivity index (χ0v) is 13.7. The fourth-order valence-electron chi connectivity index (χ4n) is 2.68. The summed E-state index contributed by atoms with van der Waals surface area (Å²) in [4.78, 5) is 14.2. The van der Waals surface area contributed by atoms with Crippen molar-refractivity contribution in [1.29, 1.82) is 0 Å². The summed E-state index contributed by atoms with van der Waals surface area (Å²) in [5.74, 6) is 2.08. The van der Waals surface area contributed by atoms with Gasteiger partial charge in [0, 0.05) is 16.7 Å². The average molecular weight is 323 g/mol. The second kappa shape index (κ2) is 7.05. The standard InChI is InChI=1S/C22H17N3/c1-2-6-12-17(11-5-1)20-23-21(18-13-7-3-8-14-18)25-22(24-20)19-15-9-4-10-16-19/h1-5,7-16H,6H2. The van der Waals surface area contributed by atoms with Crippen molar-refractivity contribution < 1.29 is 0 Å². The molecule has 0 N–H and O–H groups in total. The zero-order valence-electron chi connectivity index (χ0n) is 13.7. The van der Waals surface area contributed by atoms with Crippen LogP contribution in [-0.2, 0) is 0 Å². The molecule has 3 aromatic rings. The molecule has 0 saturated carbocycles. The molecule has 0 aliphatic heterocycles. The Labute approximate surface area is 147 Å². The monoisotopic (exact) mass is 323 g/mol. The summed E-state index contributed by atoms with van der Waals surface area (Å²) in [6.45, 7) is 0. The lowest BCUT2D eigenvalue weighted by molar-refractivity contribution is 1.04. The summed E-state index contributed by atoms with van der Waals surface area (Å²) in [6.07, 6.45) is 11.2. The van der Waals surface area contributed by atoms with Gasteiger partial charge in [-0.2, -0.15) is 0 Å². The van der Waals surface area contributed by atoms with Crippen molar-refractivity contribution in [2.75, 3.05) is 0 Å². The first-order chi connectivity index (χ1) is 12.4. The van der Waals surface area contributed by atoms with Crippen LogP contribution in [0.5, 0.6) is 0 Å². The molecule has 0 amide bonds. The second-order valence-electron chi connectivity index (χ2n) is 5.72. The first kappa shape index (κ1) is 15.2. The summed E-state index contributed by atoms with van der Waals surface area (Å²) < 4.78 is 0. The molecular weight excluding hydrogens is 306 g/mol. The van der Waals surface area contributed by atoms with Gasteiger partial charge in [0.05, 0.1) is 0 Å². The van der Waals surface area contributed by atoms with Crippen LogP contribution in [0.25, 0.3) is 28.3 Å². The molecule has 0 spiro atoms. The van der Waals surface area contributed by atoms with Gasteiger partial charge in [-0.05, 0) is 6.42 Å². The minimum atomic E-state index is 0.691. The van der Waals surface area contributed by atoms with E-state index in [1.54, 1.807) is 0 Å². The van der Waals surface area contributed by atoms with Crippen molar-refractivity contribution in [2.24, 2.45) is 0 Å². The largest absolute Gasteiger partial charge is 0.208 e. The van der Waals surface area contributed by atoms with Gasteiger partial charge in [0.15, 0.2) is 17.5 Å². The number of hydrogen-bond acceptors (Lipinski definition) is 3. The minimum Gasteiger partial charge on any atom is -0.208 e. The van der Waals surface area contributed by atoms with Gasteiger partial charge in [0.25, 0.3) is 0 Å². The molecule has 1 heterocycles. The number of rotatable bonds is 3. The molecule has 0 saturated heterocycles. The molecule has 1 aliphatic carbocycles. The van der Waals surface area contributed by atoms with Crippen LogP contribution in [-0.4, -0.2) is 15.0 Å². The summed E-state index contributed by atoms with van der Waals surface area (Å²) in [7, 11) is 0. The van der Waals surface area contributed by atoms with Crippen molar-refractivity contribution in [3.63, 3.8) is 0 Å². The molecule has 120 valence electrons. The fourth-order valence-corrected chi connectivity index (χ4v) is 2.68. The van der Waals surface area contributed by atoms with Crippen LogP contribution in [0.2, 0.25) is 0 Å². The van der Waals surface area contributed by atoms with Crippen LogP contribution < -0.4 is 0 Å². The zero-order chi connectivity index (χ0) is 16.9. The number of hydrogen-bond donors (Lipinski definition) is 0. The summed E-state index contributed by atoms with van der Waals surface area (Å²) in [6, 6.07) is 20.0. The van der Waals surface area contributed by atoms with Crippen LogP contribution in [0.3, 0.4) is 0 Å². The Hall–Kier alpha value is -3.33. The van der Waals surface area contributed by atoms with E-state index in [-0.39, 0.29) is 0 Å². The van der Waals surface area contributed by atoms with Crippen molar-refractivity contribution >= 4 is 5.57 Å². The third-order valence-corrected chi connectivity index (χ3v) is 3.95. The Balaban J connectivity index is 1.88. The van der Waals surface area contributed by atoms with Crippen molar-refractivity contribution in [3.8, 4) is 22.8 Å². The lowest BCUT2D eigenvalue weighted by Gasteiger charge is -2.08. The highest BCUT2D eigenvalue weighted by Crippen LogP contribution is 2.23. The highest BCUT2D eigenvalue weighted by molar-refractivity contribution is 5.73. The minimum absolute atomic E-state index is 0.691. The van der Waals surface area contributed by atoms with Gasteiger partial charge in [-0.1, -0.05) is 91.0 Å². The molecule has 0 bridgehead atoms. The van der Waals surface area contributed by atoms with Gasteiger partial charge < -0.3 is 0 Å². The van der Waals surface area contributed by atoms with Gasteiger partial charge in [-0.15, -0.1) is 0 Å². The van der Waals surface area contributed by atoms with E-state index in [1.807, 2.05) is 78.9 Å². The van der Waals surface area contributed by atoms with Gasteiger partial charge in [-0.25, -0.2) is 15.0 Å². The van der Waals surface area contributed by atoms with Crippen LogP contribution >= 0.6 is 0 Å². The Morgan fingerprint density at radius 2 is 1.16 bits per heavy atom. The average Bonchev–Trinajstić information content (AvgIpc) is 2.99. The highest BCUT2D eigenvalue weighted by atomic mass is 15.0. The van der Waals surface area contributed by atoms with Gasteiger partial charge in [-0.3, -0.25) is 0 Å². The quantitative estimate of drug-likeness (QED) is 0.672. The van der Waals surface area contributed by atoms with E-state index in [4.69, 9.17) is 15.0 Å². The van der Waals surface area contributed by atoms with Crippen molar-refractivity contribution in [3.05, 3.63) is 96.9 Å². The molecule has 4 rings (SSSR count). The first-order valence-corrected chi connectivity index (χ1v) is 8.31. The third kappa shape index (κ3) is 3.45.